The van der Waals surface area contributed by atoms with Gasteiger partial charge in [0.05, 0.1) is 19.0 Å². The van der Waals surface area contributed by atoms with Crippen LogP contribution in [0.1, 0.15) is 0 Å². The van der Waals surface area contributed by atoms with Gasteiger partial charge >= 0.3 is 0 Å². The standard InChI is InChI=1S/C22H23ClN8O2/c1-30-8-10-31(11-9-30)16-6-7-19(20(13-16)32-2)26-22-25-14-18(23)21(27-22)33-17-5-3-4-15(12-17)28-29-24/h3-7,12-14H,8-11H2,1-2H3,(H,25,26,27). The van der Waals surface area contributed by atoms with E-state index in [0.29, 0.717) is 28.8 Å². The van der Waals surface area contributed by atoms with E-state index in [1.807, 2.05) is 18.2 Å². The Morgan fingerprint density at radius 2 is 1.97 bits per heavy atom. The fourth-order valence-corrected chi connectivity index (χ4v) is 3.55. The number of halogens is 1. The van der Waals surface area contributed by atoms with Crippen LogP contribution in [0.2, 0.25) is 5.02 Å². The quantitative estimate of drug-likeness (QED) is 0.283. The highest BCUT2D eigenvalue weighted by Crippen LogP contribution is 2.34. The van der Waals surface area contributed by atoms with Crippen LogP contribution in [0.3, 0.4) is 0 Å². The van der Waals surface area contributed by atoms with Crippen LogP contribution in [0.15, 0.2) is 53.8 Å². The molecule has 10 nitrogen and oxygen atoms in total. The Labute approximate surface area is 196 Å². The van der Waals surface area contributed by atoms with Crippen molar-refractivity contribution in [3.05, 3.63) is 64.1 Å². The van der Waals surface area contributed by atoms with E-state index >= 15 is 0 Å². The zero-order valence-electron chi connectivity index (χ0n) is 18.3. The second-order valence-electron chi connectivity index (χ2n) is 7.44. The molecule has 1 aromatic heterocycles. The Bertz CT molecular complexity index is 1180. The molecule has 0 radical (unpaired) electrons. The first-order chi connectivity index (χ1) is 16.1. The third-order valence-electron chi connectivity index (χ3n) is 5.20. The Morgan fingerprint density at radius 1 is 1.15 bits per heavy atom. The van der Waals surface area contributed by atoms with E-state index in [0.717, 1.165) is 31.9 Å². The molecule has 0 aliphatic carbocycles. The molecule has 2 aromatic carbocycles. The molecule has 1 N–H and O–H groups in total. The maximum atomic E-state index is 8.62. The van der Waals surface area contributed by atoms with Crippen molar-refractivity contribution < 1.29 is 9.47 Å². The molecule has 3 aromatic rings. The van der Waals surface area contributed by atoms with Gasteiger partial charge in [0.25, 0.3) is 0 Å². The highest BCUT2D eigenvalue weighted by atomic mass is 35.5. The fourth-order valence-electron chi connectivity index (χ4n) is 3.42. The summed E-state index contributed by atoms with van der Waals surface area (Å²) in [6.45, 7) is 3.98. The Hall–Kier alpha value is -3.72. The summed E-state index contributed by atoms with van der Waals surface area (Å²) in [5, 5.41) is 6.98. The van der Waals surface area contributed by atoms with Crippen LogP contribution in [-0.4, -0.2) is 55.2 Å². The van der Waals surface area contributed by atoms with Crippen molar-refractivity contribution in [1.82, 2.24) is 14.9 Å². The number of likely N-dealkylation sites (N-methyl/N-ethyl adjacent to an activating group) is 1. The molecule has 1 aliphatic heterocycles. The largest absolute Gasteiger partial charge is 0.494 e. The molecule has 0 bridgehead atoms. The van der Waals surface area contributed by atoms with Crippen molar-refractivity contribution in [3.8, 4) is 17.4 Å². The number of aromatic nitrogens is 2. The highest BCUT2D eigenvalue weighted by molar-refractivity contribution is 6.31. The highest BCUT2D eigenvalue weighted by Gasteiger charge is 2.17. The van der Waals surface area contributed by atoms with Crippen LogP contribution in [-0.2, 0) is 0 Å². The zero-order chi connectivity index (χ0) is 23.2. The minimum absolute atomic E-state index is 0.167. The van der Waals surface area contributed by atoms with Crippen molar-refractivity contribution in [1.29, 1.82) is 0 Å². The number of rotatable bonds is 7. The lowest BCUT2D eigenvalue weighted by atomic mass is 10.2. The van der Waals surface area contributed by atoms with Crippen molar-refractivity contribution in [2.24, 2.45) is 5.11 Å². The summed E-state index contributed by atoms with van der Waals surface area (Å²) in [5.41, 5.74) is 10.9. The average Bonchev–Trinajstić information content (AvgIpc) is 2.82. The number of hydrogen-bond donors (Lipinski definition) is 1. The molecular weight excluding hydrogens is 444 g/mol. The fraction of sp³-hybridized carbons (Fsp3) is 0.273. The molecule has 1 fully saturated rings. The van der Waals surface area contributed by atoms with Gasteiger partial charge in [0.2, 0.25) is 11.8 Å². The van der Waals surface area contributed by atoms with E-state index in [1.165, 1.54) is 6.20 Å². The molecule has 170 valence electrons. The number of methoxy groups -OCH3 is 1. The number of azide groups is 1. The van der Waals surface area contributed by atoms with Crippen LogP contribution >= 0.6 is 11.6 Å². The summed E-state index contributed by atoms with van der Waals surface area (Å²) in [4.78, 5) is 16.1. The number of ether oxygens (including phenoxy) is 2. The second-order valence-corrected chi connectivity index (χ2v) is 7.84. The monoisotopic (exact) mass is 466 g/mol. The molecule has 11 heteroatoms. The maximum absolute atomic E-state index is 8.62. The topological polar surface area (TPSA) is 112 Å². The molecule has 0 amide bonds. The number of anilines is 3. The van der Waals surface area contributed by atoms with E-state index in [9.17, 15) is 0 Å². The third kappa shape index (κ3) is 5.56. The summed E-state index contributed by atoms with van der Waals surface area (Å²) < 4.78 is 11.4. The smallest absolute Gasteiger partial charge is 0.243 e. The first kappa shape index (κ1) is 22.5. The molecule has 33 heavy (non-hydrogen) atoms. The summed E-state index contributed by atoms with van der Waals surface area (Å²) in [6, 6.07) is 12.7. The Morgan fingerprint density at radius 3 is 2.73 bits per heavy atom. The van der Waals surface area contributed by atoms with Crippen molar-refractivity contribution in [2.45, 2.75) is 0 Å². The normalized spacial score (nSPS) is 13.8. The van der Waals surface area contributed by atoms with Gasteiger partial charge in [0.15, 0.2) is 0 Å². The number of piperazine rings is 1. The van der Waals surface area contributed by atoms with Gasteiger partial charge in [0.1, 0.15) is 16.5 Å². The molecule has 1 saturated heterocycles. The van der Waals surface area contributed by atoms with Gasteiger partial charge in [-0.1, -0.05) is 28.8 Å². The van der Waals surface area contributed by atoms with Crippen LogP contribution in [0.25, 0.3) is 10.4 Å². The zero-order valence-corrected chi connectivity index (χ0v) is 19.0. The molecule has 0 unspecified atom stereocenters. The predicted molar refractivity (Wildman–Crippen MR) is 128 cm³/mol. The van der Waals surface area contributed by atoms with Crippen LogP contribution < -0.4 is 19.7 Å². The molecule has 0 spiro atoms. The van der Waals surface area contributed by atoms with E-state index in [1.54, 1.807) is 31.4 Å². The Balaban J connectivity index is 1.53. The summed E-state index contributed by atoms with van der Waals surface area (Å²) in [6.07, 6.45) is 1.45. The molecule has 1 aliphatic rings. The van der Waals surface area contributed by atoms with Gasteiger partial charge in [-0.2, -0.15) is 4.98 Å². The number of benzene rings is 2. The lowest BCUT2D eigenvalue weighted by molar-refractivity contribution is 0.312. The molecule has 4 rings (SSSR count). The number of nitrogens with one attached hydrogen (secondary N) is 1. The van der Waals surface area contributed by atoms with Crippen molar-refractivity contribution in [3.63, 3.8) is 0 Å². The lowest BCUT2D eigenvalue weighted by Crippen LogP contribution is -2.44. The van der Waals surface area contributed by atoms with Gasteiger partial charge in [-0.05, 0) is 36.8 Å². The lowest BCUT2D eigenvalue weighted by Gasteiger charge is -2.34. The summed E-state index contributed by atoms with van der Waals surface area (Å²) >= 11 is 6.23. The minimum Gasteiger partial charge on any atom is -0.494 e. The summed E-state index contributed by atoms with van der Waals surface area (Å²) in [5.74, 6) is 1.57. The second kappa shape index (κ2) is 10.3. The molecule has 0 saturated carbocycles. The molecular formula is C22H23ClN8O2. The van der Waals surface area contributed by atoms with E-state index in [4.69, 9.17) is 26.6 Å². The first-order valence-corrected chi connectivity index (χ1v) is 10.7. The van der Waals surface area contributed by atoms with Crippen LogP contribution in [0.5, 0.6) is 17.4 Å². The van der Waals surface area contributed by atoms with Gasteiger partial charge in [-0.25, -0.2) is 4.98 Å². The van der Waals surface area contributed by atoms with Gasteiger partial charge < -0.3 is 24.6 Å². The predicted octanol–water partition coefficient (Wildman–Crippen LogP) is 5.37. The van der Waals surface area contributed by atoms with Gasteiger partial charge in [-0.15, -0.1) is 0 Å². The van der Waals surface area contributed by atoms with E-state index in [-0.39, 0.29) is 10.9 Å². The van der Waals surface area contributed by atoms with Crippen LogP contribution in [0.4, 0.5) is 23.0 Å². The summed E-state index contributed by atoms with van der Waals surface area (Å²) in [7, 11) is 3.76. The Kier molecular flexibility index (Phi) is 6.99. The average molecular weight is 467 g/mol. The number of nitrogens with zero attached hydrogens (tertiary/aromatic N) is 7. The third-order valence-corrected chi connectivity index (χ3v) is 5.46. The van der Waals surface area contributed by atoms with Crippen LogP contribution in [0, 0.1) is 0 Å². The SMILES string of the molecule is COc1cc(N2CCN(C)CC2)ccc1Nc1ncc(Cl)c(Oc2cccc(N=[N+]=[N-])c2)n1. The van der Waals surface area contributed by atoms with Gasteiger partial charge in [0, 0.05) is 48.5 Å². The van der Waals surface area contributed by atoms with Crippen molar-refractivity contribution in [2.75, 3.05) is 50.6 Å². The van der Waals surface area contributed by atoms with E-state index in [2.05, 4.69) is 42.2 Å². The van der Waals surface area contributed by atoms with Crippen molar-refractivity contribution >= 4 is 34.6 Å². The molecule has 2 heterocycles. The van der Waals surface area contributed by atoms with E-state index < -0.39 is 0 Å². The number of hydrogen-bond acceptors (Lipinski definition) is 8. The van der Waals surface area contributed by atoms with Gasteiger partial charge in [-0.3, -0.25) is 0 Å². The minimum atomic E-state index is 0.167. The maximum Gasteiger partial charge on any atom is 0.243 e. The first-order valence-electron chi connectivity index (χ1n) is 10.3. The molecule has 0 atom stereocenters.